The summed E-state index contributed by atoms with van der Waals surface area (Å²) in [7, 11) is 0. The highest BCUT2D eigenvalue weighted by Gasteiger charge is 2.42. The first-order chi connectivity index (χ1) is 18.6. The van der Waals surface area contributed by atoms with Crippen LogP contribution in [-0.4, -0.2) is 20.8 Å². The summed E-state index contributed by atoms with van der Waals surface area (Å²) in [6.07, 6.45) is 7.01. The van der Waals surface area contributed by atoms with E-state index in [-0.39, 0.29) is 12.1 Å². The molecule has 194 valence electrons. The van der Waals surface area contributed by atoms with E-state index in [4.69, 9.17) is 21.9 Å². The number of nitrogens with one attached hydrogen (secondary N) is 1. The zero-order valence-corrected chi connectivity index (χ0v) is 22.8. The van der Waals surface area contributed by atoms with Gasteiger partial charge in [0, 0.05) is 29.8 Å². The maximum atomic E-state index is 6.24. The Morgan fingerprint density at radius 2 is 1.68 bits per heavy atom. The molecule has 1 saturated heterocycles. The van der Waals surface area contributed by atoms with Gasteiger partial charge in [-0.2, -0.15) is 0 Å². The van der Waals surface area contributed by atoms with E-state index in [2.05, 4.69) is 95.4 Å². The molecule has 3 heterocycles. The maximum absolute atomic E-state index is 6.24. The quantitative estimate of drug-likeness (QED) is 0.264. The van der Waals surface area contributed by atoms with Crippen LogP contribution in [0.5, 0.6) is 5.75 Å². The first-order valence-corrected chi connectivity index (χ1v) is 14.0. The Hall–Kier alpha value is -3.64. The predicted molar refractivity (Wildman–Crippen MR) is 157 cm³/mol. The molecule has 2 aromatic heterocycles. The van der Waals surface area contributed by atoms with E-state index >= 15 is 0 Å². The zero-order chi connectivity index (χ0) is 26.1. The van der Waals surface area contributed by atoms with E-state index in [1.807, 2.05) is 18.3 Å². The van der Waals surface area contributed by atoms with Crippen molar-refractivity contribution >= 4 is 23.0 Å². The van der Waals surface area contributed by atoms with Crippen molar-refractivity contribution in [2.75, 3.05) is 4.90 Å². The summed E-state index contributed by atoms with van der Waals surface area (Å²) in [5.74, 6) is 0.928. The number of aryl methyl sites for hydroxylation is 1. The van der Waals surface area contributed by atoms with Crippen LogP contribution >= 0.6 is 12.2 Å². The van der Waals surface area contributed by atoms with Crippen molar-refractivity contribution in [1.29, 1.82) is 0 Å². The number of hydrogen-bond donors (Lipinski definition) is 1. The van der Waals surface area contributed by atoms with Crippen LogP contribution in [0.1, 0.15) is 66.0 Å². The normalized spacial score (nSPS) is 19.6. The van der Waals surface area contributed by atoms with Crippen molar-refractivity contribution in [3.8, 4) is 5.75 Å². The lowest BCUT2D eigenvalue weighted by Crippen LogP contribution is -2.29. The van der Waals surface area contributed by atoms with E-state index < -0.39 is 0 Å². The predicted octanol–water partition coefficient (Wildman–Crippen LogP) is 7.05. The third-order valence-electron chi connectivity index (χ3n) is 7.93. The topological polar surface area (TPSA) is 42.3 Å². The van der Waals surface area contributed by atoms with Gasteiger partial charge in [-0.15, -0.1) is 0 Å². The zero-order valence-electron chi connectivity index (χ0n) is 22.0. The fourth-order valence-electron chi connectivity index (χ4n) is 5.97. The highest BCUT2D eigenvalue weighted by molar-refractivity contribution is 7.80. The van der Waals surface area contributed by atoms with E-state index in [1.54, 1.807) is 0 Å². The highest BCUT2D eigenvalue weighted by atomic mass is 32.1. The lowest BCUT2D eigenvalue weighted by Gasteiger charge is -2.28. The summed E-state index contributed by atoms with van der Waals surface area (Å²) in [6, 6.07) is 27.4. The Balaban J connectivity index is 1.37. The molecule has 1 aliphatic heterocycles. The summed E-state index contributed by atoms with van der Waals surface area (Å²) in [4.78, 5) is 6.97. The molecule has 2 fully saturated rings. The van der Waals surface area contributed by atoms with E-state index in [1.165, 1.54) is 35.4 Å². The van der Waals surface area contributed by atoms with Gasteiger partial charge in [0.1, 0.15) is 5.75 Å². The smallest absolute Gasteiger partial charge is 0.174 e. The van der Waals surface area contributed by atoms with Crippen LogP contribution in [0.3, 0.4) is 0 Å². The minimum atomic E-state index is -0.0659. The summed E-state index contributed by atoms with van der Waals surface area (Å²) in [5.41, 5.74) is 7.06. The number of hydrogen-bond acceptors (Lipinski definition) is 3. The van der Waals surface area contributed by atoms with E-state index in [0.29, 0.717) is 11.2 Å². The number of pyridine rings is 1. The van der Waals surface area contributed by atoms with Crippen molar-refractivity contribution in [3.05, 3.63) is 113 Å². The van der Waals surface area contributed by atoms with E-state index in [9.17, 15) is 0 Å². The van der Waals surface area contributed by atoms with Crippen LogP contribution in [-0.2, 0) is 6.54 Å². The van der Waals surface area contributed by atoms with Crippen molar-refractivity contribution in [2.45, 2.75) is 64.3 Å². The van der Waals surface area contributed by atoms with Crippen molar-refractivity contribution in [1.82, 2.24) is 14.9 Å². The van der Waals surface area contributed by atoms with E-state index in [0.717, 1.165) is 36.5 Å². The fraction of sp³-hybridized carbons (Fsp3) is 0.312. The SMILES string of the molecule is Cc1cc(C2C(c3ccccn3)NC(=S)N2c2ccc(OC3CCCC3)cc2)c(C)n1Cc1ccccc1. The summed E-state index contributed by atoms with van der Waals surface area (Å²) >= 11 is 5.96. The number of aromatic nitrogens is 2. The lowest BCUT2D eigenvalue weighted by atomic mass is 9.96. The second-order valence-corrected chi connectivity index (χ2v) is 10.8. The molecular weight excluding hydrogens is 488 g/mol. The summed E-state index contributed by atoms with van der Waals surface area (Å²) in [5, 5.41) is 4.31. The average molecular weight is 523 g/mol. The molecule has 2 atom stereocenters. The highest BCUT2D eigenvalue weighted by Crippen LogP contribution is 2.43. The molecule has 2 aromatic carbocycles. The Labute approximate surface area is 230 Å². The third kappa shape index (κ3) is 4.81. The number of ether oxygens (including phenoxy) is 1. The monoisotopic (exact) mass is 522 g/mol. The molecular formula is C32H34N4OS. The van der Waals surface area contributed by atoms with Gasteiger partial charge in [0.25, 0.3) is 0 Å². The van der Waals surface area contributed by atoms with Gasteiger partial charge in [0.15, 0.2) is 5.11 Å². The standard InChI is InChI=1S/C32H34N4OS/c1-22-20-28(23(2)35(22)21-24-10-4-3-5-11-24)31-30(29-14-8-9-19-33-29)34-32(38)36(31)25-15-17-27(18-16-25)37-26-12-6-7-13-26/h3-5,8-11,14-20,26,30-31H,6-7,12-13,21H2,1-2H3,(H,34,38). The minimum Gasteiger partial charge on any atom is -0.490 e. The van der Waals surface area contributed by atoms with Gasteiger partial charge in [-0.1, -0.05) is 36.4 Å². The Bertz CT molecular complexity index is 1390. The molecule has 0 amide bonds. The maximum Gasteiger partial charge on any atom is 0.174 e. The molecule has 38 heavy (non-hydrogen) atoms. The van der Waals surface area contributed by atoms with Crippen LogP contribution in [0.2, 0.25) is 0 Å². The largest absolute Gasteiger partial charge is 0.490 e. The molecule has 1 N–H and O–H groups in total. The second kappa shape index (κ2) is 10.6. The molecule has 5 nitrogen and oxygen atoms in total. The average Bonchev–Trinajstić information content (AvgIpc) is 3.65. The number of rotatable bonds is 7. The number of nitrogens with zero attached hydrogens (tertiary/aromatic N) is 3. The lowest BCUT2D eigenvalue weighted by molar-refractivity contribution is 0.210. The molecule has 0 bridgehead atoms. The van der Waals surface area contributed by atoms with Gasteiger partial charge >= 0.3 is 0 Å². The summed E-state index contributed by atoms with van der Waals surface area (Å²) < 4.78 is 8.64. The molecule has 2 unspecified atom stereocenters. The van der Waals surface area contributed by atoms with Crippen LogP contribution in [0.4, 0.5) is 5.69 Å². The van der Waals surface area contributed by atoms with Crippen LogP contribution in [0.25, 0.3) is 0 Å². The molecule has 0 spiro atoms. The first-order valence-electron chi connectivity index (χ1n) is 13.6. The van der Waals surface area contributed by atoms with Gasteiger partial charge < -0.3 is 19.5 Å². The van der Waals surface area contributed by atoms with Gasteiger partial charge in [0.2, 0.25) is 0 Å². The fourth-order valence-corrected chi connectivity index (χ4v) is 6.32. The molecule has 1 saturated carbocycles. The molecule has 0 radical (unpaired) electrons. The Kier molecular flexibility index (Phi) is 6.90. The summed E-state index contributed by atoms with van der Waals surface area (Å²) in [6.45, 7) is 5.25. The van der Waals surface area contributed by atoms with Crippen LogP contribution in [0.15, 0.2) is 85.1 Å². The Morgan fingerprint density at radius 3 is 2.39 bits per heavy atom. The molecule has 4 aromatic rings. The number of benzene rings is 2. The van der Waals surface area contributed by atoms with Gasteiger partial charge in [-0.25, -0.2) is 0 Å². The first kappa shape index (κ1) is 24.7. The van der Waals surface area contributed by atoms with Gasteiger partial charge in [-0.3, -0.25) is 4.98 Å². The third-order valence-corrected chi connectivity index (χ3v) is 8.25. The molecule has 2 aliphatic rings. The van der Waals surface area contributed by atoms with Crippen molar-refractivity contribution < 1.29 is 4.74 Å². The van der Waals surface area contributed by atoms with Gasteiger partial charge in [-0.05, 0) is 105 Å². The minimum absolute atomic E-state index is 0.0327. The number of anilines is 1. The van der Waals surface area contributed by atoms with Gasteiger partial charge in [0.05, 0.1) is 23.9 Å². The number of thiocarbonyl (C=S) groups is 1. The van der Waals surface area contributed by atoms with Crippen molar-refractivity contribution in [2.24, 2.45) is 0 Å². The van der Waals surface area contributed by atoms with Crippen molar-refractivity contribution in [3.63, 3.8) is 0 Å². The Morgan fingerprint density at radius 1 is 0.947 bits per heavy atom. The molecule has 6 heteroatoms. The second-order valence-electron chi connectivity index (χ2n) is 10.4. The van der Waals surface area contributed by atoms with Crippen LogP contribution < -0.4 is 15.0 Å². The molecule has 6 rings (SSSR count). The molecule has 1 aliphatic carbocycles. The van der Waals surface area contributed by atoms with Crippen LogP contribution in [0, 0.1) is 13.8 Å².